The summed E-state index contributed by atoms with van der Waals surface area (Å²) in [6.07, 6.45) is -3.42. The van der Waals surface area contributed by atoms with Crippen molar-refractivity contribution in [1.29, 1.82) is 5.26 Å². The maximum Gasteiger partial charge on any atom is 0.416 e. The van der Waals surface area contributed by atoms with Gasteiger partial charge in [0.05, 0.1) is 33.8 Å². The molecule has 0 fully saturated rings. The van der Waals surface area contributed by atoms with E-state index in [1.165, 1.54) is 4.90 Å². The van der Waals surface area contributed by atoms with Crippen LogP contribution >= 0.6 is 23.2 Å². The number of allylic oxidation sites excluding steroid dienone is 3. The van der Waals surface area contributed by atoms with E-state index in [0.717, 1.165) is 18.2 Å². The summed E-state index contributed by atoms with van der Waals surface area (Å²) in [6.45, 7) is 0. The van der Waals surface area contributed by atoms with E-state index in [2.05, 4.69) is 6.07 Å². The number of anilines is 1. The second-order valence-corrected chi connectivity index (χ2v) is 8.38. The molecule has 32 heavy (non-hydrogen) atoms. The Hall–Kier alpha value is -2.95. The van der Waals surface area contributed by atoms with Crippen LogP contribution in [0.15, 0.2) is 65.1 Å². The number of benzene rings is 2. The topological polar surface area (TPSA) is 70.1 Å². The quantitative estimate of drug-likeness (QED) is 0.549. The molecule has 0 saturated heterocycles. The lowest BCUT2D eigenvalue weighted by Gasteiger charge is -2.40. The number of ketones is 1. The molecule has 4 nitrogen and oxygen atoms in total. The maximum absolute atomic E-state index is 13.4. The molecule has 0 aromatic heterocycles. The molecule has 164 valence electrons. The fraction of sp³-hybridized carbons (Fsp3) is 0.217. The highest BCUT2D eigenvalue weighted by Gasteiger charge is 2.41. The van der Waals surface area contributed by atoms with E-state index in [-0.39, 0.29) is 34.3 Å². The van der Waals surface area contributed by atoms with Crippen LogP contribution in [-0.2, 0) is 11.0 Å². The zero-order valence-electron chi connectivity index (χ0n) is 16.5. The molecule has 9 heteroatoms. The van der Waals surface area contributed by atoms with Crippen LogP contribution in [0.5, 0.6) is 0 Å². The molecule has 2 N–H and O–H groups in total. The molecule has 0 unspecified atom stereocenters. The Labute approximate surface area is 192 Å². The lowest BCUT2D eigenvalue weighted by Crippen LogP contribution is -2.39. The van der Waals surface area contributed by atoms with E-state index < -0.39 is 17.7 Å². The normalized spacial score (nSPS) is 19.2. The Morgan fingerprint density at radius 1 is 1.09 bits per heavy atom. The lowest BCUT2D eigenvalue weighted by atomic mass is 9.75. The highest BCUT2D eigenvalue weighted by atomic mass is 35.5. The molecule has 0 amide bonds. The van der Waals surface area contributed by atoms with Crippen LogP contribution in [0.3, 0.4) is 0 Å². The van der Waals surface area contributed by atoms with Crippen LogP contribution in [0.25, 0.3) is 0 Å². The fourth-order valence-corrected chi connectivity index (χ4v) is 4.54. The van der Waals surface area contributed by atoms with Crippen LogP contribution < -0.4 is 10.6 Å². The first-order chi connectivity index (χ1) is 15.1. The first kappa shape index (κ1) is 22.3. The number of rotatable bonds is 2. The van der Waals surface area contributed by atoms with Gasteiger partial charge in [0, 0.05) is 22.7 Å². The van der Waals surface area contributed by atoms with Gasteiger partial charge in [0.25, 0.3) is 0 Å². The minimum Gasteiger partial charge on any atom is -0.384 e. The number of carbonyl (C=O) groups excluding carboxylic acids is 1. The Morgan fingerprint density at radius 3 is 2.41 bits per heavy atom. The maximum atomic E-state index is 13.4. The number of carbonyl (C=O) groups is 1. The molecule has 0 radical (unpaired) electrons. The number of hydrogen-bond donors (Lipinski definition) is 1. The monoisotopic (exact) mass is 477 g/mol. The van der Waals surface area contributed by atoms with Crippen molar-refractivity contribution >= 4 is 34.7 Å². The van der Waals surface area contributed by atoms with Crippen molar-refractivity contribution in [2.75, 3.05) is 4.90 Å². The molecule has 2 aromatic rings. The Balaban J connectivity index is 1.98. The Bertz CT molecular complexity index is 1210. The van der Waals surface area contributed by atoms with Crippen molar-refractivity contribution in [3.8, 4) is 6.07 Å². The number of Topliss-reactive ketones (excluding diaryl/α,β-unsaturated/α-hetero) is 1. The summed E-state index contributed by atoms with van der Waals surface area (Å²) in [5.41, 5.74) is 6.95. The second kappa shape index (κ2) is 8.19. The highest BCUT2D eigenvalue weighted by molar-refractivity contribution is 6.33. The zero-order chi connectivity index (χ0) is 23.2. The second-order valence-electron chi connectivity index (χ2n) is 7.53. The van der Waals surface area contributed by atoms with Gasteiger partial charge in [-0.05, 0) is 48.7 Å². The average molecular weight is 478 g/mol. The van der Waals surface area contributed by atoms with Crippen molar-refractivity contribution < 1.29 is 18.0 Å². The summed E-state index contributed by atoms with van der Waals surface area (Å²) in [4.78, 5) is 14.4. The summed E-state index contributed by atoms with van der Waals surface area (Å²) in [6, 6.07) is 11.7. The third-order valence-corrected chi connectivity index (χ3v) is 6.20. The number of nitrogens with two attached hydrogens (primary N) is 1. The predicted octanol–water partition coefficient (Wildman–Crippen LogP) is 6.32. The highest BCUT2D eigenvalue weighted by Crippen LogP contribution is 2.48. The third-order valence-electron chi connectivity index (χ3n) is 5.63. The fourth-order valence-electron chi connectivity index (χ4n) is 4.21. The van der Waals surface area contributed by atoms with E-state index in [9.17, 15) is 23.2 Å². The van der Waals surface area contributed by atoms with Crippen molar-refractivity contribution in [3.05, 3.63) is 86.3 Å². The predicted molar refractivity (Wildman–Crippen MR) is 116 cm³/mol. The molecular formula is C23H16Cl2F3N3O. The largest absolute Gasteiger partial charge is 0.416 e. The molecular weight excluding hydrogens is 462 g/mol. The van der Waals surface area contributed by atoms with Gasteiger partial charge < -0.3 is 5.73 Å². The van der Waals surface area contributed by atoms with Crippen LogP contribution in [-0.4, -0.2) is 5.78 Å². The van der Waals surface area contributed by atoms with Crippen LogP contribution in [0.2, 0.25) is 10.0 Å². The van der Waals surface area contributed by atoms with Crippen LogP contribution in [0.1, 0.15) is 36.3 Å². The molecule has 4 rings (SSSR count). The number of alkyl halides is 3. The minimum atomic E-state index is -4.60. The van der Waals surface area contributed by atoms with Crippen molar-refractivity contribution in [3.63, 3.8) is 0 Å². The molecule has 1 aliphatic heterocycles. The summed E-state index contributed by atoms with van der Waals surface area (Å²) in [7, 11) is 0. The summed E-state index contributed by atoms with van der Waals surface area (Å²) < 4.78 is 40.2. The number of halogens is 5. The van der Waals surface area contributed by atoms with E-state index in [4.69, 9.17) is 28.9 Å². The van der Waals surface area contributed by atoms with Gasteiger partial charge in [0.15, 0.2) is 5.78 Å². The van der Waals surface area contributed by atoms with Crippen LogP contribution in [0, 0.1) is 11.3 Å². The molecule has 1 aliphatic carbocycles. The lowest BCUT2D eigenvalue weighted by molar-refractivity contribution is -0.137. The smallest absolute Gasteiger partial charge is 0.384 e. The van der Waals surface area contributed by atoms with Gasteiger partial charge in [-0.1, -0.05) is 35.3 Å². The first-order valence-electron chi connectivity index (χ1n) is 9.71. The van der Waals surface area contributed by atoms with E-state index >= 15 is 0 Å². The number of hydrogen-bond acceptors (Lipinski definition) is 4. The van der Waals surface area contributed by atoms with Gasteiger partial charge in [0.2, 0.25) is 0 Å². The average Bonchev–Trinajstić information content (AvgIpc) is 2.74. The minimum absolute atomic E-state index is 0.0213. The third kappa shape index (κ3) is 3.74. The molecule has 0 spiro atoms. The summed E-state index contributed by atoms with van der Waals surface area (Å²) in [5.74, 6) is -0.970. The van der Waals surface area contributed by atoms with Crippen LogP contribution in [0.4, 0.5) is 18.9 Å². The van der Waals surface area contributed by atoms with Gasteiger partial charge >= 0.3 is 6.18 Å². The van der Waals surface area contributed by atoms with Gasteiger partial charge in [-0.15, -0.1) is 0 Å². The van der Waals surface area contributed by atoms with E-state index in [1.54, 1.807) is 24.3 Å². The standard InChI is InChI=1S/C23H16Cl2F3N3O/c24-14-7-4-12(5-8-14)20-15(11-29)22(30)31(17-2-1-3-19(32)21(17)20)18-10-13(23(26,27)28)6-9-16(18)25/h4-10,20H,1-3,30H2/t20-/m1/s1. The zero-order valence-corrected chi connectivity index (χ0v) is 18.0. The molecule has 0 bridgehead atoms. The Morgan fingerprint density at radius 2 is 1.78 bits per heavy atom. The van der Waals surface area contributed by atoms with Gasteiger partial charge in [0.1, 0.15) is 5.82 Å². The van der Waals surface area contributed by atoms with Crippen molar-refractivity contribution in [1.82, 2.24) is 0 Å². The number of nitrogens with zero attached hydrogens (tertiary/aromatic N) is 2. The van der Waals surface area contributed by atoms with Gasteiger partial charge in [-0.3, -0.25) is 9.69 Å². The van der Waals surface area contributed by atoms with Crippen molar-refractivity contribution in [2.24, 2.45) is 5.73 Å². The molecule has 1 atom stereocenters. The summed E-state index contributed by atoms with van der Waals surface area (Å²) in [5, 5.41) is 10.5. The van der Waals surface area contributed by atoms with Gasteiger partial charge in [-0.25, -0.2) is 0 Å². The Kier molecular flexibility index (Phi) is 5.70. The van der Waals surface area contributed by atoms with E-state index in [1.807, 2.05) is 0 Å². The summed E-state index contributed by atoms with van der Waals surface area (Å²) >= 11 is 12.3. The number of nitriles is 1. The van der Waals surface area contributed by atoms with Crippen molar-refractivity contribution in [2.45, 2.75) is 31.4 Å². The SMILES string of the molecule is N#CC1=C(N)N(c2cc(C(F)(F)F)ccc2Cl)C2=C(C(=O)CCC2)[C@@H]1c1ccc(Cl)cc1. The molecule has 2 aromatic carbocycles. The first-order valence-corrected chi connectivity index (χ1v) is 10.5. The van der Waals surface area contributed by atoms with Gasteiger partial charge in [-0.2, -0.15) is 18.4 Å². The molecule has 0 saturated carbocycles. The van der Waals surface area contributed by atoms with E-state index in [0.29, 0.717) is 34.7 Å². The molecule has 2 aliphatic rings. The molecule has 1 heterocycles.